The number of nitrogens with two attached hydrogens (primary N) is 1. The highest BCUT2D eigenvalue weighted by Gasteiger charge is 2.25. The van der Waals surface area contributed by atoms with Gasteiger partial charge in [-0.3, -0.25) is 9.69 Å². The molecule has 2 aromatic rings. The molecule has 0 unspecified atom stereocenters. The van der Waals surface area contributed by atoms with E-state index in [2.05, 4.69) is 10.3 Å². The summed E-state index contributed by atoms with van der Waals surface area (Å²) in [4.78, 5) is 18.1. The Morgan fingerprint density at radius 2 is 2.19 bits per heavy atom. The molecule has 1 aromatic heterocycles. The summed E-state index contributed by atoms with van der Waals surface area (Å²) in [5, 5.41) is 5.00. The number of hydrogen-bond donors (Lipinski definition) is 2. The predicted octanol–water partition coefficient (Wildman–Crippen LogP) is 1.78. The van der Waals surface area contributed by atoms with Crippen molar-refractivity contribution in [2.24, 2.45) is 0 Å². The number of hydrogen-bond acceptors (Lipinski definition) is 5. The van der Waals surface area contributed by atoms with Gasteiger partial charge in [0.1, 0.15) is 11.9 Å². The van der Waals surface area contributed by atoms with Gasteiger partial charge in [0, 0.05) is 10.9 Å². The number of halogens is 1. The molecule has 0 fully saturated rings. The number of carbonyl (C=O) groups is 1. The molecule has 5 nitrogen and oxygen atoms in total. The molecule has 0 aliphatic heterocycles. The molecule has 0 saturated carbocycles. The molecule has 0 aliphatic carbocycles. The standard InChI is InChI=1S/C14H17FN4OS/c1-19(2)12(10-5-3-4-6-11(10)15)13(20)17-7-9-8-21-14(16)18-9/h3-6,8,12H,7H2,1-2H3,(H2,16,18)(H,17,20)/t12-/m1/s1. The molecule has 0 spiro atoms. The van der Waals surface area contributed by atoms with E-state index in [4.69, 9.17) is 5.73 Å². The summed E-state index contributed by atoms with van der Waals surface area (Å²) in [6.07, 6.45) is 0. The molecule has 7 heteroatoms. The summed E-state index contributed by atoms with van der Waals surface area (Å²) in [5.41, 5.74) is 6.58. The van der Waals surface area contributed by atoms with Crippen LogP contribution in [0, 0.1) is 5.82 Å². The predicted molar refractivity (Wildman–Crippen MR) is 81.2 cm³/mol. The van der Waals surface area contributed by atoms with Crippen LogP contribution in [0.5, 0.6) is 0 Å². The van der Waals surface area contributed by atoms with Crippen molar-refractivity contribution in [3.8, 4) is 0 Å². The van der Waals surface area contributed by atoms with Crippen LogP contribution < -0.4 is 11.1 Å². The Kier molecular flexibility index (Phi) is 4.87. The van der Waals surface area contributed by atoms with Gasteiger partial charge in [0.25, 0.3) is 0 Å². The third-order valence-electron chi connectivity index (χ3n) is 2.98. The smallest absolute Gasteiger partial charge is 0.242 e. The van der Waals surface area contributed by atoms with E-state index >= 15 is 0 Å². The van der Waals surface area contributed by atoms with Crippen LogP contribution in [0.2, 0.25) is 0 Å². The Labute approximate surface area is 126 Å². The fraction of sp³-hybridized carbons (Fsp3) is 0.286. The molecule has 0 aliphatic rings. The second kappa shape index (κ2) is 6.64. The van der Waals surface area contributed by atoms with E-state index in [1.807, 2.05) is 0 Å². The molecule has 112 valence electrons. The Bertz CT molecular complexity index is 629. The Hall–Kier alpha value is -1.99. The van der Waals surface area contributed by atoms with Gasteiger partial charge in [0.15, 0.2) is 5.13 Å². The summed E-state index contributed by atoms with van der Waals surface area (Å²) < 4.78 is 13.9. The normalized spacial score (nSPS) is 12.4. The minimum Gasteiger partial charge on any atom is -0.375 e. The number of likely N-dealkylation sites (N-methyl/N-ethyl adjacent to an activating group) is 1. The fourth-order valence-corrected chi connectivity index (χ4v) is 2.59. The lowest BCUT2D eigenvalue weighted by Crippen LogP contribution is -2.37. The summed E-state index contributed by atoms with van der Waals surface area (Å²) >= 11 is 1.31. The van der Waals surface area contributed by atoms with Gasteiger partial charge in [-0.15, -0.1) is 11.3 Å². The second-order valence-corrected chi connectivity index (χ2v) is 5.67. The molecule has 1 heterocycles. The molecule has 0 bridgehead atoms. The first-order valence-electron chi connectivity index (χ1n) is 6.37. The fourth-order valence-electron chi connectivity index (χ4n) is 2.03. The SMILES string of the molecule is CN(C)[C@@H](C(=O)NCc1csc(N)n1)c1ccccc1F. The zero-order valence-corrected chi connectivity index (χ0v) is 12.7. The summed E-state index contributed by atoms with van der Waals surface area (Å²) in [5.74, 6) is -0.680. The quantitative estimate of drug-likeness (QED) is 0.883. The van der Waals surface area contributed by atoms with Crippen molar-refractivity contribution in [2.45, 2.75) is 12.6 Å². The highest BCUT2D eigenvalue weighted by atomic mass is 32.1. The molecule has 0 radical (unpaired) electrons. The number of rotatable bonds is 5. The molecule has 1 aromatic carbocycles. The van der Waals surface area contributed by atoms with Crippen LogP contribution >= 0.6 is 11.3 Å². The first-order valence-corrected chi connectivity index (χ1v) is 7.25. The maximum Gasteiger partial charge on any atom is 0.242 e. The highest BCUT2D eigenvalue weighted by molar-refractivity contribution is 7.13. The van der Waals surface area contributed by atoms with Crippen molar-refractivity contribution in [1.29, 1.82) is 0 Å². The second-order valence-electron chi connectivity index (χ2n) is 4.78. The largest absolute Gasteiger partial charge is 0.375 e. The maximum absolute atomic E-state index is 13.9. The van der Waals surface area contributed by atoms with Crippen LogP contribution in [0.4, 0.5) is 9.52 Å². The monoisotopic (exact) mass is 308 g/mol. The van der Waals surface area contributed by atoms with Gasteiger partial charge >= 0.3 is 0 Å². The minimum absolute atomic E-state index is 0.269. The number of benzene rings is 1. The molecular formula is C14H17FN4OS. The minimum atomic E-state index is -0.692. The number of amides is 1. The lowest BCUT2D eigenvalue weighted by Gasteiger charge is -2.24. The number of nitrogens with zero attached hydrogens (tertiary/aromatic N) is 2. The van der Waals surface area contributed by atoms with E-state index in [0.29, 0.717) is 16.4 Å². The number of thiazole rings is 1. The first kappa shape index (κ1) is 15.4. The molecule has 21 heavy (non-hydrogen) atoms. The Balaban J connectivity index is 2.11. The molecule has 1 atom stereocenters. The Morgan fingerprint density at radius 1 is 1.48 bits per heavy atom. The number of nitrogens with one attached hydrogen (secondary N) is 1. The zero-order chi connectivity index (χ0) is 15.4. The van der Waals surface area contributed by atoms with Crippen LogP contribution in [0.25, 0.3) is 0 Å². The van der Waals surface area contributed by atoms with Gasteiger partial charge in [0.2, 0.25) is 5.91 Å². The third-order valence-corrected chi connectivity index (χ3v) is 3.70. The molecular weight excluding hydrogens is 291 g/mol. The average molecular weight is 308 g/mol. The molecule has 0 saturated heterocycles. The van der Waals surface area contributed by atoms with Crippen LogP contribution in [-0.4, -0.2) is 29.9 Å². The number of anilines is 1. The zero-order valence-electron chi connectivity index (χ0n) is 11.8. The average Bonchev–Trinajstić information content (AvgIpc) is 2.84. The van der Waals surface area contributed by atoms with Crippen molar-refractivity contribution in [1.82, 2.24) is 15.2 Å². The Morgan fingerprint density at radius 3 is 2.76 bits per heavy atom. The third kappa shape index (κ3) is 3.77. The van der Waals surface area contributed by atoms with Crippen molar-refractivity contribution >= 4 is 22.4 Å². The van der Waals surface area contributed by atoms with Gasteiger partial charge in [-0.2, -0.15) is 0 Å². The molecule has 1 amide bonds. The van der Waals surface area contributed by atoms with E-state index in [9.17, 15) is 9.18 Å². The van der Waals surface area contributed by atoms with Gasteiger partial charge in [-0.25, -0.2) is 9.37 Å². The van der Waals surface area contributed by atoms with Gasteiger partial charge in [-0.1, -0.05) is 18.2 Å². The summed E-state index contributed by atoms with van der Waals surface area (Å²) in [6, 6.07) is 5.58. The lowest BCUT2D eigenvalue weighted by molar-refractivity contribution is -0.126. The van der Waals surface area contributed by atoms with E-state index < -0.39 is 11.9 Å². The van der Waals surface area contributed by atoms with Crippen molar-refractivity contribution < 1.29 is 9.18 Å². The lowest BCUT2D eigenvalue weighted by atomic mass is 10.0. The van der Waals surface area contributed by atoms with Crippen molar-refractivity contribution in [3.05, 3.63) is 46.7 Å². The van der Waals surface area contributed by atoms with Crippen LogP contribution in [-0.2, 0) is 11.3 Å². The van der Waals surface area contributed by atoms with Crippen molar-refractivity contribution in [3.63, 3.8) is 0 Å². The highest BCUT2D eigenvalue weighted by Crippen LogP contribution is 2.21. The van der Waals surface area contributed by atoms with E-state index in [0.717, 1.165) is 0 Å². The van der Waals surface area contributed by atoms with Gasteiger partial charge < -0.3 is 11.1 Å². The van der Waals surface area contributed by atoms with Crippen LogP contribution in [0.1, 0.15) is 17.3 Å². The van der Waals surface area contributed by atoms with E-state index in [1.54, 1.807) is 42.6 Å². The molecule has 3 N–H and O–H groups in total. The van der Waals surface area contributed by atoms with Crippen LogP contribution in [0.15, 0.2) is 29.6 Å². The van der Waals surface area contributed by atoms with Gasteiger partial charge in [0.05, 0.1) is 12.2 Å². The maximum atomic E-state index is 13.9. The van der Waals surface area contributed by atoms with Crippen molar-refractivity contribution in [2.75, 3.05) is 19.8 Å². The van der Waals surface area contributed by atoms with E-state index in [-0.39, 0.29) is 12.5 Å². The number of nitrogen functional groups attached to an aromatic ring is 1. The van der Waals surface area contributed by atoms with Gasteiger partial charge in [-0.05, 0) is 20.2 Å². The number of carbonyl (C=O) groups excluding carboxylic acids is 1. The summed E-state index contributed by atoms with van der Waals surface area (Å²) in [6.45, 7) is 0.269. The topological polar surface area (TPSA) is 71.2 Å². The summed E-state index contributed by atoms with van der Waals surface area (Å²) in [7, 11) is 3.47. The molecule has 2 rings (SSSR count). The first-order chi connectivity index (χ1) is 9.99. The van der Waals surface area contributed by atoms with E-state index in [1.165, 1.54) is 17.4 Å². The number of aromatic nitrogens is 1. The van der Waals surface area contributed by atoms with Crippen LogP contribution in [0.3, 0.4) is 0 Å².